The van der Waals surface area contributed by atoms with Crippen LogP contribution >= 0.6 is 0 Å². The summed E-state index contributed by atoms with van der Waals surface area (Å²) in [7, 11) is 0. The second kappa shape index (κ2) is 11.3. The molecule has 4 atom stereocenters. The molecule has 2 aromatic carbocycles. The molecular weight excluding hydrogens is 464 g/mol. The summed E-state index contributed by atoms with van der Waals surface area (Å²) < 4.78 is 43.2. The Balaban J connectivity index is 0.000000152. The summed E-state index contributed by atoms with van der Waals surface area (Å²) in [4.78, 5) is 0. The molecule has 0 aromatic heterocycles. The van der Waals surface area contributed by atoms with E-state index in [2.05, 4.69) is 32.9 Å². The van der Waals surface area contributed by atoms with Gasteiger partial charge < -0.3 is 37.9 Å². The molecule has 0 bridgehead atoms. The predicted octanol–water partition coefficient (Wildman–Crippen LogP) is 3.78. The van der Waals surface area contributed by atoms with E-state index in [1.165, 1.54) is 5.56 Å². The van der Waals surface area contributed by atoms with Gasteiger partial charge in [0.25, 0.3) is 0 Å². The van der Waals surface area contributed by atoms with E-state index in [9.17, 15) is 0 Å². The summed E-state index contributed by atoms with van der Waals surface area (Å²) in [5.41, 5.74) is 1.33. The normalized spacial score (nSPS) is 25.2. The van der Waals surface area contributed by atoms with Crippen LogP contribution < -0.4 is 18.9 Å². The van der Waals surface area contributed by atoms with Crippen LogP contribution in [0.15, 0.2) is 42.5 Å². The standard InChI is InChI=1S/C16H22O4.C12H14O4/c1-16(2,3)11-4-5-14(19-9-12-7-17-12)15(6-11)20-10-13-8-18-13;1-2-10(14-6-12-8-16-12)4-3-9(1)13-5-11-7-15-11/h4-6,12-13H,7-10H2,1-3H3;1-4,11-12H,5-8H2. The molecule has 0 aliphatic carbocycles. The Bertz CT molecular complexity index is 935. The van der Waals surface area contributed by atoms with Gasteiger partial charge in [-0.15, -0.1) is 0 Å². The Labute approximate surface area is 212 Å². The molecule has 6 rings (SSSR count). The summed E-state index contributed by atoms with van der Waals surface area (Å²) in [5, 5.41) is 0. The van der Waals surface area contributed by atoms with Crippen LogP contribution in [-0.4, -0.2) is 77.3 Å². The number of benzene rings is 2. The molecule has 36 heavy (non-hydrogen) atoms. The van der Waals surface area contributed by atoms with Crippen LogP contribution in [0, 0.1) is 0 Å². The van der Waals surface area contributed by atoms with Gasteiger partial charge in [-0.1, -0.05) is 26.8 Å². The number of hydrogen-bond acceptors (Lipinski definition) is 8. The smallest absolute Gasteiger partial charge is 0.161 e. The number of rotatable bonds is 12. The first kappa shape index (κ1) is 25.1. The monoisotopic (exact) mass is 500 g/mol. The van der Waals surface area contributed by atoms with Gasteiger partial charge in [0.05, 0.1) is 26.4 Å². The molecule has 4 fully saturated rings. The zero-order valence-electron chi connectivity index (χ0n) is 21.3. The lowest BCUT2D eigenvalue weighted by molar-refractivity contribution is 0.228. The lowest BCUT2D eigenvalue weighted by atomic mass is 9.87. The predicted molar refractivity (Wildman–Crippen MR) is 133 cm³/mol. The molecule has 196 valence electrons. The van der Waals surface area contributed by atoms with Crippen molar-refractivity contribution in [3.8, 4) is 23.0 Å². The second-order valence-electron chi connectivity index (χ2n) is 10.4. The average Bonchev–Trinajstić information content (AvgIpc) is 3.72. The summed E-state index contributed by atoms with van der Waals surface area (Å²) >= 11 is 0. The minimum Gasteiger partial charge on any atom is -0.491 e. The fraction of sp³-hybridized carbons (Fsp3) is 0.571. The van der Waals surface area contributed by atoms with Crippen molar-refractivity contribution >= 4 is 0 Å². The Hall–Kier alpha value is -2.52. The second-order valence-corrected chi connectivity index (χ2v) is 10.4. The summed E-state index contributed by atoms with van der Waals surface area (Å²) in [5.74, 6) is 3.29. The highest BCUT2D eigenvalue weighted by Gasteiger charge is 2.27. The molecule has 4 saturated heterocycles. The van der Waals surface area contributed by atoms with Crippen molar-refractivity contribution in [1.29, 1.82) is 0 Å². The van der Waals surface area contributed by atoms with Crippen LogP contribution in [0.3, 0.4) is 0 Å². The number of ether oxygens (including phenoxy) is 8. The Morgan fingerprint density at radius 2 is 0.972 bits per heavy atom. The molecule has 4 aliphatic heterocycles. The molecule has 0 amide bonds. The van der Waals surface area contributed by atoms with Gasteiger partial charge in [0.15, 0.2) is 11.5 Å². The molecule has 8 heteroatoms. The maximum absolute atomic E-state index is 5.86. The van der Waals surface area contributed by atoms with Crippen LogP contribution in [0.5, 0.6) is 23.0 Å². The Morgan fingerprint density at radius 1 is 0.583 bits per heavy atom. The van der Waals surface area contributed by atoms with Crippen molar-refractivity contribution in [2.75, 3.05) is 52.9 Å². The first-order valence-corrected chi connectivity index (χ1v) is 12.6. The molecule has 4 aliphatic rings. The summed E-state index contributed by atoms with van der Waals surface area (Å²) in [6, 6.07) is 13.8. The van der Waals surface area contributed by atoms with Gasteiger partial charge in [0, 0.05) is 0 Å². The van der Waals surface area contributed by atoms with Gasteiger partial charge >= 0.3 is 0 Å². The van der Waals surface area contributed by atoms with Crippen molar-refractivity contribution in [3.63, 3.8) is 0 Å². The highest BCUT2D eigenvalue weighted by molar-refractivity contribution is 5.45. The lowest BCUT2D eigenvalue weighted by Crippen LogP contribution is -2.13. The highest BCUT2D eigenvalue weighted by Crippen LogP contribution is 2.34. The quantitative estimate of drug-likeness (QED) is 0.407. The van der Waals surface area contributed by atoms with Crippen molar-refractivity contribution in [1.82, 2.24) is 0 Å². The molecule has 2 aromatic rings. The zero-order valence-corrected chi connectivity index (χ0v) is 21.3. The van der Waals surface area contributed by atoms with Crippen LogP contribution in [0.4, 0.5) is 0 Å². The van der Waals surface area contributed by atoms with E-state index in [0.29, 0.717) is 38.6 Å². The summed E-state index contributed by atoms with van der Waals surface area (Å²) in [6.45, 7) is 12.3. The van der Waals surface area contributed by atoms with Crippen molar-refractivity contribution in [2.24, 2.45) is 0 Å². The van der Waals surface area contributed by atoms with Crippen LogP contribution in [0.25, 0.3) is 0 Å². The zero-order chi connectivity index (χ0) is 25.0. The third-order valence-corrected chi connectivity index (χ3v) is 5.96. The van der Waals surface area contributed by atoms with Gasteiger partial charge in [0.1, 0.15) is 62.3 Å². The van der Waals surface area contributed by atoms with Gasteiger partial charge in [0.2, 0.25) is 0 Å². The van der Waals surface area contributed by atoms with Crippen LogP contribution in [0.2, 0.25) is 0 Å². The van der Waals surface area contributed by atoms with E-state index >= 15 is 0 Å². The van der Waals surface area contributed by atoms with Gasteiger partial charge in [-0.2, -0.15) is 0 Å². The maximum Gasteiger partial charge on any atom is 0.161 e. The minimum atomic E-state index is 0.0896. The van der Waals surface area contributed by atoms with Crippen molar-refractivity contribution < 1.29 is 37.9 Å². The molecule has 4 unspecified atom stereocenters. The van der Waals surface area contributed by atoms with Gasteiger partial charge in [-0.05, 0) is 47.4 Å². The molecule has 8 nitrogen and oxygen atoms in total. The van der Waals surface area contributed by atoms with Crippen LogP contribution in [0.1, 0.15) is 26.3 Å². The molecule has 0 saturated carbocycles. The van der Waals surface area contributed by atoms with Gasteiger partial charge in [-0.3, -0.25) is 0 Å². The SMILES string of the molecule is CC(C)(C)c1ccc(OCC2CO2)c(OCC2CO2)c1.c1cc(OCC2CO2)ccc1OCC1CO1. The van der Waals surface area contributed by atoms with E-state index in [-0.39, 0.29) is 17.6 Å². The highest BCUT2D eigenvalue weighted by atomic mass is 16.6. The number of epoxide rings is 4. The minimum absolute atomic E-state index is 0.0896. The van der Waals surface area contributed by atoms with E-state index < -0.39 is 0 Å². The fourth-order valence-corrected chi connectivity index (χ4v) is 3.24. The number of hydrogen-bond donors (Lipinski definition) is 0. The third-order valence-electron chi connectivity index (χ3n) is 5.96. The van der Waals surface area contributed by atoms with E-state index in [1.54, 1.807) is 0 Å². The van der Waals surface area contributed by atoms with E-state index in [4.69, 9.17) is 37.9 Å². The maximum atomic E-state index is 5.86. The Kier molecular flexibility index (Phi) is 7.86. The van der Waals surface area contributed by atoms with E-state index in [0.717, 1.165) is 49.4 Å². The molecule has 4 heterocycles. The van der Waals surface area contributed by atoms with Gasteiger partial charge in [-0.25, -0.2) is 0 Å². The Morgan fingerprint density at radius 3 is 1.36 bits per heavy atom. The largest absolute Gasteiger partial charge is 0.491 e. The first-order valence-electron chi connectivity index (χ1n) is 12.6. The molecule has 0 spiro atoms. The fourth-order valence-electron chi connectivity index (χ4n) is 3.24. The molecule has 0 radical (unpaired) electrons. The van der Waals surface area contributed by atoms with Crippen LogP contribution in [-0.2, 0) is 24.4 Å². The third kappa shape index (κ3) is 8.55. The topological polar surface area (TPSA) is 87.0 Å². The lowest BCUT2D eigenvalue weighted by Gasteiger charge is -2.21. The first-order chi connectivity index (χ1) is 17.4. The average molecular weight is 501 g/mol. The van der Waals surface area contributed by atoms with E-state index in [1.807, 2.05) is 30.3 Å². The summed E-state index contributed by atoms with van der Waals surface area (Å²) in [6.07, 6.45) is 1.08. The molecule has 0 N–H and O–H groups in total. The van der Waals surface area contributed by atoms with Crippen molar-refractivity contribution in [2.45, 2.75) is 50.6 Å². The van der Waals surface area contributed by atoms with Crippen molar-refractivity contribution in [3.05, 3.63) is 48.0 Å². The molecular formula is C28H36O8.